The third-order valence-corrected chi connectivity index (χ3v) is 2.88. The van der Waals surface area contributed by atoms with Crippen molar-refractivity contribution in [1.29, 1.82) is 0 Å². The standard InChI is InChI=1S/C10H16N2/c1-3-4-9-7-10(9)8(2)11-5-6-12-10/h3-4,9,11-12H,2,5-7H2,1H3/b4-3-. The third-order valence-electron chi connectivity index (χ3n) is 2.88. The van der Waals surface area contributed by atoms with Crippen molar-refractivity contribution >= 4 is 0 Å². The van der Waals surface area contributed by atoms with Gasteiger partial charge in [-0.3, -0.25) is 0 Å². The molecule has 1 heterocycles. The van der Waals surface area contributed by atoms with Gasteiger partial charge in [0.05, 0.1) is 5.54 Å². The highest BCUT2D eigenvalue weighted by atomic mass is 15.2. The lowest BCUT2D eigenvalue weighted by Gasteiger charge is -2.28. The molecular weight excluding hydrogens is 148 g/mol. The van der Waals surface area contributed by atoms with Gasteiger partial charge in [-0.25, -0.2) is 0 Å². The highest BCUT2D eigenvalue weighted by Gasteiger charge is 2.55. The van der Waals surface area contributed by atoms with Gasteiger partial charge in [0.1, 0.15) is 0 Å². The summed E-state index contributed by atoms with van der Waals surface area (Å²) in [6.07, 6.45) is 5.61. The van der Waals surface area contributed by atoms with Gasteiger partial charge in [-0.15, -0.1) is 0 Å². The highest BCUT2D eigenvalue weighted by Crippen LogP contribution is 2.49. The van der Waals surface area contributed by atoms with Gasteiger partial charge >= 0.3 is 0 Å². The van der Waals surface area contributed by atoms with Crippen LogP contribution < -0.4 is 10.6 Å². The maximum absolute atomic E-state index is 4.05. The molecule has 0 aromatic rings. The number of rotatable bonds is 1. The lowest BCUT2D eigenvalue weighted by atomic mass is 10.1. The topological polar surface area (TPSA) is 24.1 Å². The average Bonchev–Trinajstić information content (AvgIpc) is 2.73. The summed E-state index contributed by atoms with van der Waals surface area (Å²) in [5.41, 5.74) is 1.39. The summed E-state index contributed by atoms with van der Waals surface area (Å²) < 4.78 is 0. The van der Waals surface area contributed by atoms with Crippen molar-refractivity contribution < 1.29 is 0 Å². The molecule has 1 aliphatic carbocycles. The fourth-order valence-corrected chi connectivity index (χ4v) is 2.07. The van der Waals surface area contributed by atoms with Gasteiger partial charge in [0.2, 0.25) is 0 Å². The summed E-state index contributed by atoms with van der Waals surface area (Å²) in [4.78, 5) is 0. The van der Waals surface area contributed by atoms with Crippen LogP contribution in [0.15, 0.2) is 24.4 Å². The van der Waals surface area contributed by atoms with Gasteiger partial charge in [-0.2, -0.15) is 0 Å². The van der Waals surface area contributed by atoms with E-state index in [1.54, 1.807) is 0 Å². The Balaban J connectivity index is 2.08. The van der Waals surface area contributed by atoms with Crippen molar-refractivity contribution in [2.24, 2.45) is 5.92 Å². The van der Waals surface area contributed by atoms with E-state index in [4.69, 9.17) is 0 Å². The fourth-order valence-electron chi connectivity index (χ4n) is 2.07. The average molecular weight is 164 g/mol. The maximum Gasteiger partial charge on any atom is 0.0648 e. The van der Waals surface area contributed by atoms with Crippen LogP contribution in [0.5, 0.6) is 0 Å². The van der Waals surface area contributed by atoms with Crippen LogP contribution in [0.3, 0.4) is 0 Å². The first-order valence-electron chi connectivity index (χ1n) is 4.61. The minimum Gasteiger partial charge on any atom is -0.386 e. The molecule has 1 saturated carbocycles. The van der Waals surface area contributed by atoms with E-state index >= 15 is 0 Å². The molecule has 0 amide bonds. The molecule has 0 radical (unpaired) electrons. The van der Waals surface area contributed by atoms with Gasteiger partial charge in [0.15, 0.2) is 0 Å². The molecule has 1 saturated heterocycles. The van der Waals surface area contributed by atoms with Crippen molar-refractivity contribution in [1.82, 2.24) is 10.6 Å². The Bertz CT molecular complexity index is 232. The molecule has 0 bridgehead atoms. The first-order valence-corrected chi connectivity index (χ1v) is 4.61. The van der Waals surface area contributed by atoms with Crippen LogP contribution in [0.2, 0.25) is 0 Å². The maximum atomic E-state index is 4.05. The zero-order chi connectivity index (χ0) is 8.60. The van der Waals surface area contributed by atoms with Gasteiger partial charge in [-0.05, 0) is 13.3 Å². The molecule has 2 rings (SSSR count). The van der Waals surface area contributed by atoms with Crippen LogP contribution in [0.1, 0.15) is 13.3 Å². The highest BCUT2D eigenvalue weighted by molar-refractivity contribution is 5.34. The minimum absolute atomic E-state index is 0.213. The van der Waals surface area contributed by atoms with E-state index < -0.39 is 0 Å². The molecule has 12 heavy (non-hydrogen) atoms. The van der Waals surface area contributed by atoms with E-state index in [-0.39, 0.29) is 5.54 Å². The molecule has 2 unspecified atom stereocenters. The van der Waals surface area contributed by atoms with Gasteiger partial charge in [0, 0.05) is 24.7 Å². The summed E-state index contributed by atoms with van der Waals surface area (Å²) in [7, 11) is 0. The molecule has 1 spiro atoms. The Kier molecular flexibility index (Phi) is 1.72. The zero-order valence-electron chi connectivity index (χ0n) is 7.56. The number of hydrogen-bond acceptors (Lipinski definition) is 2. The normalized spacial score (nSPS) is 40.4. The van der Waals surface area contributed by atoms with E-state index in [1.165, 1.54) is 12.1 Å². The summed E-state index contributed by atoms with van der Waals surface area (Å²) >= 11 is 0. The summed E-state index contributed by atoms with van der Waals surface area (Å²) in [6, 6.07) is 0. The van der Waals surface area contributed by atoms with E-state index in [2.05, 4.69) is 36.3 Å². The molecule has 1 aliphatic heterocycles. The number of hydrogen-bond donors (Lipinski definition) is 2. The van der Waals surface area contributed by atoms with E-state index in [0.29, 0.717) is 5.92 Å². The number of nitrogens with one attached hydrogen (secondary N) is 2. The molecule has 2 aliphatic rings. The summed E-state index contributed by atoms with van der Waals surface area (Å²) in [5.74, 6) is 0.669. The predicted octanol–water partition coefficient (Wildman–Crippen LogP) is 1.03. The van der Waals surface area contributed by atoms with E-state index in [1.807, 2.05) is 0 Å². The molecular formula is C10H16N2. The van der Waals surface area contributed by atoms with Crippen molar-refractivity contribution in [3.63, 3.8) is 0 Å². The second kappa shape index (κ2) is 2.63. The van der Waals surface area contributed by atoms with E-state index in [0.717, 1.165) is 13.1 Å². The van der Waals surface area contributed by atoms with Crippen LogP contribution >= 0.6 is 0 Å². The van der Waals surface area contributed by atoms with Crippen LogP contribution in [-0.4, -0.2) is 18.6 Å². The second-order valence-electron chi connectivity index (χ2n) is 3.64. The lowest BCUT2D eigenvalue weighted by molar-refractivity contribution is 0.454. The monoisotopic (exact) mass is 164 g/mol. The predicted molar refractivity (Wildman–Crippen MR) is 50.8 cm³/mol. The molecule has 2 nitrogen and oxygen atoms in total. The third kappa shape index (κ3) is 0.985. The molecule has 2 heteroatoms. The van der Waals surface area contributed by atoms with Crippen molar-refractivity contribution in [3.05, 3.63) is 24.4 Å². The Labute approximate surface area is 73.7 Å². The first-order chi connectivity index (χ1) is 5.79. The molecule has 2 atom stereocenters. The fraction of sp³-hybridized carbons (Fsp3) is 0.600. The molecule has 2 N–H and O–H groups in total. The summed E-state index contributed by atoms with van der Waals surface area (Å²) in [5, 5.41) is 6.87. The zero-order valence-corrected chi connectivity index (χ0v) is 7.56. The van der Waals surface area contributed by atoms with Gasteiger partial charge < -0.3 is 10.6 Å². The first kappa shape index (κ1) is 7.87. The smallest absolute Gasteiger partial charge is 0.0648 e. The number of allylic oxidation sites excluding steroid dienone is 1. The quantitative estimate of drug-likeness (QED) is 0.566. The van der Waals surface area contributed by atoms with Crippen molar-refractivity contribution in [2.75, 3.05) is 13.1 Å². The van der Waals surface area contributed by atoms with Crippen LogP contribution in [0.4, 0.5) is 0 Å². The Hall–Kier alpha value is -0.760. The van der Waals surface area contributed by atoms with Crippen molar-refractivity contribution in [3.8, 4) is 0 Å². The largest absolute Gasteiger partial charge is 0.386 e. The molecule has 0 aromatic heterocycles. The Morgan fingerprint density at radius 2 is 2.42 bits per heavy atom. The van der Waals surface area contributed by atoms with Crippen LogP contribution in [0, 0.1) is 5.92 Å². The molecule has 66 valence electrons. The van der Waals surface area contributed by atoms with Crippen LogP contribution in [-0.2, 0) is 0 Å². The Morgan fingerprint density at radius 3 is 3.08 bits per heavy atom. The Morgan fingerprint density at radius 1 is 1.58 bits per heavy atom. The molecule has 2 fully saturated rings. The van der Waals surface area contributed by atoms with Crippen LogP contribution in [0.25, 0.3) is 0 Å². The lowest BCUT2D eigenvalue weighted by Crippen LogP contribution is -2.49. The van der Waals surface area contributed by atoms with Crippen molar-refractivity contribution in [2.45, 2.75) is 18.9 Å². The van der Waals surface area contributed by atoms with Gasteiger partial charge in [0.25, 0.3) is 0 Å². The number of piperazine rings is 1. The molecule has 0 aromatic carbocycles. The summed E-state index contributed by atoms with van der Waals surface area (Å²) in [6.45, 7) is 8.21. The minimum atomic E-state index is 0.213. The second-order valence-corrected chi connectivity index (χ2v) is 3.64. The van der Waals surface area contributed by atoms with E-state index in [9.17, 15) is 0 Å². The SMILES string of the molecule is C=C1NCCNC12CC2/C=C\C. The van der Waals surface area contributed by atoms with Gasteiger partial charge in [-0.1, -0.05) is 18.7 Å².